The van der Waals surface area contributed by atoms with Crippen molar-refractivity contribution in [1.29, 1.82) is 0 Å². The Morgan fingerprint density at radius 3 is 2.04 bits per heavy atom. The van der Waals surface area contributed by atoms with Crippen molar-refractivity contribution in [3.63, 3.8) is 0 Å². The molecule has 0 spiro atoms. The molecule has 2 amide bonds. The van der Waals surface area contributed by atoms with E-state index in [4.69, 9.17) is 0 Å². The molecule has 3 rings (SSSR count). The first kappa shape index (κ1) is 18.0. The summed E-state index contributed by atoms with van der Waals surface area (Å²) in [7, 11) is 0. The molecule has 1 aromatic rings. The Balaban J connectivity index is 1.39. The van der Waals surface area contributed by atoms with E-state index in [1.807, 2.05) is 0 Å². The van der Waals surface area contributed by atoms with Crippen LogP contribution in [-0.4, -0.2) is 17.9 Å². The van der Waals surface area contributed by atoms with Gasteiger partial charge in [0.15, 0.2) is 0 Å². The highest BCUT2D eigenvalue weighted by atomic mass is 16.2. The van der Waals surface area contributed by atoms with Crippen LogP contribution in [0.4, 0.5) is 0 Å². The first-order valence-corrected chi connectivity index (χ1v) is 9.75. The minimum absolute atomic E-state index is 0.0565. The van der Waals surface area contributed by atoms with Crippen LogP contribution >= 0.6 is 0 Å². The van der Waals surface area contributed by atoms with E-state index < -0.39 is 0 Å². The zero-order chi connectivity index (χ0) is 17.6. The van der Waals surface area contributed by atoms with Crippen LogP contribution in [0.2, 0.25) is 0 Å². The first-order chi connectivity index (χ1) is 12.1. The van der Waals surface area contributed by atoms with Gasteiger partial charge >= 0.3 is 0 Å². The Kier molecular flexibility index (Phi) is 6.11. The Hall–Kier alpha value is -1.84. The molecule has 2 N–H and O–H groups in total. The maximum absolute atomic E-state index is 12.4. The molecule has 0 radical (unpaired) electrons. The van der Waals surface area contributed by atoms with Gasteiger partial charge in [-0.2, -0.15) is 0 Å². The second-order valence-corrected chi connectivity index (χ2v) is 7.74. The van der Waals surface area contributed by atoms with E-state index in [1.54, 1.807) is 0 Å². The van der Waals surface area contributed by atoms with E-state index in [2.05, 4.69) is 41.8 Å². The summed E-state index contributed by atoms with van der Waals surface area (Å²) in [5.74, 6) is 0.503. The van der Waals surface area contributed by atoms with Gasteiger partial charge in [0.05, 0.1) is 0 Å². The van der Waals surface area contributed by atoms with Gasteiger partial charge in [0, 0.05) is 24.4 Å². The smallest absolute Gasteiger partial charge is 0.223 e. The molecule has 0 aromatic heterocycles. The predicted molar refractivity (Wildman–Crippen MR) is 98.9 cm³/mol. The topological polar surface area (TPSA) is 58.2 Å². The van der Waals surface area contributed by atoms with Gasteiger partial charge in [-0.25, -0.2) is 0 Å². The Bertz CT molecular complexity index is 582. The van der Waals surface area contributed by atoms with E-state index in [0.717, 1.165) is 44.1 Å². The maximum Gasteiger partial charge on any atom is 0.223 e. The van der Waals surface area contributed by atoms with Crippen LogP contribution in [0.5, 0.6) is 0 Å². The molecular formula is C21H30N2O2. The van der Waals surface area contributed by atoms with Crippen LogP contribution in [0, 0.1) is 18.8 Å². The van der Waals surface area contributed by atoms with Gasteiger partial charge in [0.2, 0.25) is 11.8 Å². The highest BCUT2D eigenvalue weighted by Crippen LogP contribution is 2.30. The zero-order valence-electron chi connectivity index (χ0n) is 15.2. The Morgan fingerprint density at radius 1 is 0.880 bits per heavy atom. The van der Waals surface area contributed by atoms with Crippen LogP contribution in [-0.2, 0) is 16.1 Å². The SMILES string of the molecule is Cc1ccc(CNC(=O)C2CCC(C(=O)NC3CCCC3)CC2)cc1. The lowest BCUT2D eigenvalue weighted by Crippen LogP contribution is -2.40. The number of carbonyl (C=O) groups excluding carboxylic acids is 2. The monoisotopic (exact) mass is 342 g/mol. The summed E-state index contributed by atoms with van der Waals surface area (Å²) in [6.45, 7) is 2.64. The van der Waals surface area contributed by atoms with Crippen LogP contribution in [0.15, 0.2) is 24.3 Å². The average molecular weight is 342 g/mol. The van der Waals surface area contributed by atoms with Gasteiger partial charge in [-0.05, 0) is 51.0 Å². The van der Waals surface area contributed by atoms with Gasteiger partial charge < -0.3 is 10.6 Å². The highest BCUT2D eigenvalue weighted by Gasteiger charge is 2.31. The molecule has 1 aromatic carbocycles. The van der Waals surface area contributed by atoms with Gasteiger partial charge in [-0.1, -0.05) is 42.7 Å². The van der Waals surface area contributed by atoms with Crippen LogP contribution in [0.1, 0.15) is 62.5 Å². The summed E-state index contributed by atoms with van der Waals surface area (Å²) >= 11 is 0. The quantitative estimate of drug-likeness (QED) is 0.861. The summed E-state index contributed by atoms with van der Waals surface area (Å²) in [6, 6.07) is 8.63. The molecule has 0 aliphatic heterocycles. The summed E-state index contributed by atoms with van der Waals surface area (Å²) in [5.41, 5.74) is 2.35. The normalized spacial score (nSPS) is 24.0. The molecule has 0 saturated heterocycles. The lowest BCUT2D eigenvalue weighted by Gasteiger charge is -2.28. The molecule has 25 heavy (non-hydrogen) atoms. The van der Waals surface area contributed by atoms with E-state index in [9.17, 15) is 9.59 Å². The minimum atomic E-state index is 0.0565. The van der Waals surface area contributed by atoms with Gasteiger partial charge in [-0.3, -0.25) is 9.59 Å². The van der Waals surface area contributed by atoms with Crippen molar-refractivity contribution in [2.45, 2.75) is 70.9 Å². The van der Waals surface area contributed by atoms with Crippen molar-refractivity contribution in [1.82, 2.24) is 10.6 Å². The molecule has 4 heteroatoms. The molecule has 136 valence electrons. The van der Waals surface area contributed by atoms with Crippen molar-refractivity contribution in [3.05, 3.63) is 35.4 Å². The van der Waals surface area contributed by atoms with Crippen LogP contribution < -0.4 is 10.6 Å². The number of nitrogens with one attached hydrogen (secondary N) is 2. The van der Waals surface area contributed by atoms with Crippen molar-refractivity contribution >= 4 is 11.8 Å². The van der Waals surface area contributed by atoms with Crippen molar-refractivity contribution in [2.75, 3.05) is 0 Å². The number of benzene rings is 1. The van der Waals surface area contributed by atoms with E-state index in [0.29, 0.717) is 12.6 Å². The third-order valence-corrected chi connectivity index (χ3v) is 5.76. The maximum atomic E-state index is 12.4. The lowest BCUT2D eigenvalue weighted by molar-refractivity contribution is -0.131. The fourth-order valence-electron chi connectivity index (χ4n) is 4.05. The second-order valence-electron chi connectivity index (χ2n) is 7.74. The minimum Gasteiger partial charge on any atom is -0.353 e. The molecule has 2 aliphatic rings. The molecular weight excluding hydrogens is 312 g/mol. The van der Waals surface area contributed by atoms with E-state index >= 15 is 0 Å². The standard InChI is InChI=1S/C21H30N2O2/c1-15-6-8-16(9-7-15)14-22-20(24)17-10-12-18(13-11-17)21(25)23-19-4-2-3-5-19/h6-9,17-19H,2-5,10-14H2,1H3,(H,22,24)(H,23,25). The number of rotatable bonds is 5. The molecule has 0 unspecified atom stereocenters. The van der Waals surface area contributed by atoms with Crippen molar-refractivity contribution < 1.29 is 9.59 Å². The number of aryl methyl sites for hydroxylation is 1. The van der Waals surface area contributed by atoms with Gasteiger partial charge in [-0.15, -0.1) is 0 Å². The molecule has 4 nitrogen and oxygen atoms in total. The Morgan fingerprint density at radius 2 is 1.44 bits per heavy atom. The first-order valence-electron chi connectivity index (χ1n) is 9.75. The van der Waals surface area contributed by atoms with Crippen LogP contribution in [0.3, 0.4) is 0 Å². The summed E-state index contributed by atoms with van der Waals surface area (Å²) < 4.78 is 0. The van der Waals surface area contributed by atoms with E-state index in [-0.39, 0.29) is 23.7 Å². The predicted octanol–water partition coefficient (Wildman–Crippen LogP) is 3.48. The zero-order valence-corrected chi connectivity index (χ0v) is 15.2. The van der Waals surface area contributed by atoms with Crippen molar-refractivity contribution in [2.24, 2.45) is 11.8 Å². The third-order valence-electron chi connectivity index (χ3n) is 5.76. The summed E-state index contributed by atoms with van der Waals surface area (Å²) in [6.07, 6.45) is 8.04. The van der Waals surface area contributed by atoms with Gasteiger partial charge in [0.25, 0.3) is 0 Å². The number of hydrogen-bond donors (Lipinski definition) is 2. The molecule has 0 heterocycles. The lowest BCUT2D eigenvalue weighted by atomic mass is 9.81. The third kappa shape index (κ3) is 5.07. The number of hydrogen-bond acceptors (Lipinski definition) is 2. The largest absolute Gasteiger partial charge is 0.353 e. The summed E-state index contributed by atoms with van der Waals surface area (Å²) in [4.78, 5) is 24.7. The van der Waals surface area contributed by atoms with Crippen LogP contribution in [0.25, 0.3) is 0 Å². The summed E-state index contributed by atoms with van der Waals surface area (Å²) in [5, 5.41) is 6.26. The highest BCUT2D eigenvalue weighted by molar-refractivity contribution is 5.81. The molecule has 2 aliphatic carbocycles. The molecule has 2 saturated carbocycles. The molecule has 0 bridgehead atoms. The fraction of sp³-hybridized carbons (Fsp3) is 0.619. The van der Waals surface area contributed by atoms with Crippen molar-refractivity contribution in [3.8, 4) is 0 Å². The fourth-order valence-corrected chi connectivity index (χ4v) is 4.05. The molecule has 2 fully saturated rings. The number of amides is 2. The van der Waals surface area contributed by atoms with E-state index in [1.165, 1.54) is 18.4 Å². The number of carbonyl (C=O) groups is 2. The second kappa shape index (κ2) is 8.50. The molecule has 0 atom stereocenters. The average Bonchev–Trinajstić information content (AvgIpc) is 3.14. The van der Waals surface area contributed by atoms with Gasteiger partial charge in [0.1, 0.15) is 0 Å². The Labute approximate surface area is 150 Å².